The summed E-state index contributed by atoms with van der Waals surface area (Å²) in [5.41, 5.74) is 9.48. The van der Waals surface area contributed by atoms with Crippen LogP contribution < -0.4 is 5.73 Å². The number of aryl methyl sites for hydroxylation is 1. The van der Waals surface area contributed by atoms with Gasteiger partial charge in [0.2, 0.25) is 0 Å². The van der Waals surface area contributed by atoms with Gasteiger partial charge in [-0.05, 0) is 32.6 Å². The van der Waals surface area contributed by atoms with Crippen LogP contribution in [0.1, 0.15) is 22.9 Å². The molecular weight excluding hydrogens is 352 g/mol. The average molecular weight is 372 g/mol. The van der Waals surface area contributed by atoms with Crippen molar-refractivity contribution in [2.75, 3.05) is 20.6 Å². The molecule has 1 aromatic heterocycles. The van der Waals surface area contributed by atoms with Crippen molar-refractivity contribution >= 4 is 27.5 Å². The van der Waals surface area contributed by atoms with Crippen LogP contribution in [0.2, 0.25) is 5.02 Å². The zero-order valence-corrected chi connectivity index (χ0v) is 14.8. The van der Waals surface area contributed by atoms with Gasteiger partial charge in [0, 0.05) is 11.0 Å². The molecular formula is C15H20BrClN4. The fourth-order valence-electron chi connectivity index (χ4n) is 2.20. The number of benzene rings is 1. The van der Waals surface area contributed by atoms with Crippen LogP contribution in [0.3, 0.4) is 0 Å². The van der Waals surface area contributed by atoms with Gasteiger partial charge in [-0.2, -0.15) is 5.10 Å². The van der Waals surface area contributed by atoms with E-state index in [0.29, 0.717) is 5.02 Å². The van der Waals surface area contributed by atoms with Crippen LogP contribution in [-0.2, 0) is 6.54 Å². The molecule has 0 aliphatic rings. The Kier molecular flexibility index (Phi) is 5.43. The molecule has 2 N–H and O–H groups in total. The summed E-state index contributed by atoms with van der Waals surface area (Å²) < 4.78 is 2.87. The molecule has 114 valence electrons. The summed E-state index contributed by atoms with van der Waals surface area (Å²) in [5.74, 6) is 0. The van der Waals surface area contributed by atoms with Crippen LogP contribution in [0.15, 0.2) is 28.9 Å². The van der Waals surface area contributed by atoms with Gasteiger partial charge >= 0.3 is 0 Å². The van der Waals surface area contributed by atoms with Gasteiger partial charge in [0.1, 0.15) is 0 Å². The summed E-state index contributed by atoms with van der Waals surface area (Å²) in [7, 11) is 4.06. The van der Waals surface area contributed by atoms with E-state index in [-0.39, 0.29) is 6.04 Å². The highest BCUT2D eigenvalue weighted by molar-refractivity contribution is 9.10. The van der Waals surface area contributed by atoms with Crippen molar-refractivity contribution in [2.45, 2.75) is 19.5 Å². The predicted molar refractivity (Wildman–Crippen MR) is 90.7 cm³/mol. The zero-order chi connectivity index (χ0) is 15.6. The van der Waals surface area contributed by atoms with Crippen LogP contribution >= 0.6 is 27.5 Å². The lowest BCUT2D eigenvalue weighted by Crippen LogP contribution is -2.23. The minimum Gasteiger partial charge on any atom is -0.319 e. The first-order chi connectivity index (χ1) is 9.90. The normalized spacial score (nSPS) is 12.9. The van der Waals surface area contributed by atoms with E-state index in [4.69, 9.17) is 17.3 Å². The summed E-state index contributed by atoms with van der Waals surface area (Å²) in [6, 6.07) is 5.83. The minimum atomic E-state index is -0.309. The Morgan fingerprint density at radius 1 is 1.43 bits per heavy atom. The minimum absolute atomic E-state index is 0.309. The van der Waals surface area contributed by atoms with Gasteiger partial charge in [-0.25, -0.2) is 0 Å². The van der Waals surface area contributed by atoms with E-state index < -0.39 is 0 Å². The van der Waals surface area contributed by atoms with Gasteiger partial charge in [-0.15, -0.1) is 0 Å². The highest BCUT2D eigenvalue weighted by atomic mass is 79.9. The highest BCUT2D eigenvalue weighted by Crippen LogP contribution is 2.31. The molecule has 0 amide bonds. The number of nitrogens with two attached hydrogens (primary N) is 1. The molecule has 0 saturated heterocycles. The SMILES string of the molecule is Cc1ccc(Br)c(C(N)c2c(Cl)cnn2CCN(C)C)c1. The third-order valence-corrected chi connectivity index (χ3v) is 4.39. The summed E-state index contributed by atoms with van der Waals surface area (Å²) in [6.45, 7) is 3.69. The molecule has 1 atom stereocenters. The van der Waals surface area contributed by atoms with Gasteiger partial charge in [0.25, 0.3) is 0 Å². The van der Waals surface area contributed by atoms with Gasteiger partial charge in [0.05, 0.1) is 29.5 Å². The second-order valence-corrected chi connectivity index (χ2v) is 6.67. The average Bonchev–Trinajstić information content (AvgIpc) is 2.79. The number of rotatable bonds is 5. The largest absolute Gasteiger partial charge is 0.319 e. The molecule has 0 fully saturated rings. The van der Waals surface area contributed by atoms with E-state index in [1.54, 1.807) is 6.20 Å². The van der Waals surface area contributed by atoms with E-state index in [9.17, 15) is 0 Å². The standard InChI is InChI=1S/C15H20BrClN4/c1-10-4-5-12(16)11(8-10)14(18)15-13(17)9-19-21(15)7-6-20(2)3/h4-5,8-9,14H,6-7,18H2,1-3H3. The van der Waals surface area contributed by atoms with E-state index >= 15 is 0 Å². The fourth-order valence-corrected chi connectivity index (χ4v) is 2.95. The molecule has 0 bridgehead atoms. The van der Waals surface area contributed by atoms with Crippen molar-refractivity contribution < 1.29 is 0 Å². The summed E-state index contributed by atoms with van der Waals surface area (Å²) in [4.78, 5) is 2.10. The Balaban J connectivity index is 2.36. The molecule has 1 heterocycles. The molecule has 21 heavy (non-hydrogen) atoms. The first-order valence-electron chi connectivity index (χ1n) is 6.77. The van der Waals surface area contributed by atoms with Crippen LogP contribution in [0, 0.1) is 6.92 Å². The number of nitrogens with zero attached hydrogens (tertiary/aromatic N) is 3. The maximum atomic E-state index is 6.45. The van der Waals surface area contributed by atoms with Crippen LogP contribution in [0.25, 0.3) is 0 Å². The number of likely N-dealkylation sites (N-methyl/N-ethyl adjacent to an activating group) is 1. The maximum absolute atomic E-state index is 6.45. The van der Waals surface area contributed by atoms with Crippen molar-refractivity contribution in [2.24, 2.45) is 5.73 Å². The zero-order valence-electron chi connectivity index (χ0n) is 12.5. The molecule has 0 saturated carbocycles. The van der Waals surface area contributed by atoms with Crippen molar-refractivity contribution in [1.29, 1.82) is 0 Å². The van der Waals surface area contributed by atoms with E-state index in [2.05, 4.69) is 32.0 Å². The molecule has 4 nitrogen and oxygen atoms in total. The topological polar surface area (TPSA) is 47.1 Å². The smallest absolute Gasteiger partial charge is 0.0837 e. The third-order valence-electron chi connectivity index (χ3n) is 3.37. The molecule has 6 heteroatoms. The first-order valence-corrected chi connectivity index (χ1v) is 7.95. The molecule has 0 aliphatic heterocycles. The molecule has 2 aromatic rings. The highest BCUT2D eigenvalue weighted by Gasteiger charge is 2.20. The summed E-state index contributed by atoms with van der Waals surface area (Å²) >= 11 is 9.87. The Morgan fingerprint density at radius 3 is 2.81 bits per heavy atom. The fraction of sp³-hybridized carbons (Fsp3) is 0.400. The second kappa shape index (κ2) is 6.92. The van der Waals surface area contributed by atoms with Crippen LogP contribution in [0.5, 0.6) is 0 Å². The summed E-state index contributed by atoms with van der Waals surface area (Å²) in [5, 5.41) is 4.96. The Morgan fingerprint density at radius 2 is 2.14 bits per heavy atom. The lowest BCUT2D eigenvalue weighted by Gasteiger charge is -2.18. The Bertz CT molecular complexity index is 624. The van der Waals surface area contributed by atoms with Crippen LogP contribution in [0.4, 0.5) is 0 Å². The molecule has 0 radical (unpaired) electrons. The predicted octanol–water partition coefficient (Wildman–Crippen LogP) is 3.22. The maximum Gasteiger partial charge on any atom is 0.0837 e. The quantitative estimate of drug-likeness (QED) is 0.878. The third kappa shape index (κ3) is 3.86. The molecule has 1 unspecified atom stereocenters. The monoisotopic (exact) mass is 370 g/mol. The van der Waals surface area contributed by atoms with E-state index in [0.717, 1.165) is 28.8 Å². The van der Waals surface area contributed by atoms with Crippen molar-refractivity contribution in [3.63, 3.8) is 0 Å². The van der Waals surface area contributed by atoms with E-state index in [1.165, 1.54) is 5.56 Å². The van der Waals surface area contributed by atoms with Crippen molar-refractivity contribution in [3.05, 3.63) is 50.7 Å². The van der Waals surface area contributed by atoms with Crippen LogP contribution in [-0.4, -0.2) is 35.3 Å². The Hall–Kier alpha value is -0.880. The molecule has 0 aliphatic carbocycles. The number of halogens is 2. The Labute approximate surface area is 139 Å². The lowest BCUT2D eigenvalue weighted by atomic mass is 10.0. The van der Waals surface area contributed by atoms with Gasteiger partial charge in [0.15, 0.2) is 0 Å². The first kappa shape index (κ1) is 16.5. The summed E-state index contributed by atoms with van der Waals surface area (Å²) in [6.07, 6.45) is 1.66. The lowest BCUT2D eigenvalue weighted by molar-refractivity contribution is 0.368. The van der Waals surface area contributed by atoms with Gasteiger partial charge in [-0.3, -0.25) is 4.68 Å². The number of hydrogen-bond acceptors (Lipinski definition) is 3. The van der Waals surface area contributed by atoms with Crippen molar-refractivity contribution in [1.82, 2.24) is 14.7 Å². The second-order valence-electron chi connectivity index (χ2n) is 5.41. The molecule has 1 aromatic carbocycles. The number of aromatic nitrogens is 2. The number of hydrogen-bond donors (Lipinski definition) is 1. The van der Waals surface area contributed by atoms with Gasteiger partial charge < -0.3 is 10.6 Å². The molecule has 2 rings (SSSR count). The van der Waals surface area contributed by atoms with Crippen molar-refractivity contribution in [3.8, 4) is 0 Å². The molecule has 0 spiro atoms. The van der Waals surface area contributed by atoms with Gasteiger partial charge in [-0.1, -0.05) is 45.2 Å². The van der Waals surface area contributed by atoms with E-state index in [1.807, 2.05) is 37.8 Å².